The van der Waals surface area contributed by atoms with Crippen LogP contribution in [0.3, 0.4) is 0 Å². The molecule has 1 aromatic rings. The molecule has 2 amide bonds. The topological polar surface area (TPSA) is 52.7 Å². The maximum atomic E-state index is 12.4. The molecule has 1 aromatic heterocycles. The lowest BCUT2D eigenvalue weighted by Crippen LogP contribution is -2.47. The summed E-state index contributed by atoms with van der Waals surface area (Å²) < 4.78 is 0. The van der Waals surface area contributed by atoms with Gasteiger partial charge in [0.05, 0.1) is 0 Å². The van der Waals surface area contributed by atoms with Crippen LogP contribution in [0.25, 0.3) is 0 Å². The molecule has 1 fully saturated rings. The molecule has 3 heterocycles. The van der Waals surface area contributed by atoms with Gasteiger partial charge in [0.15, 0.2) is 0 Å². The van der Waals surface area contributed by atoms with Crippen LogP contribution < -0.4 is 5.32 Å². The summed E-state index contributed by atoms with van der Waals surface area (Å²) in [6.07, 6.45) is 1.78. The molecule has 1 N–H and O–H groups in total. The number of carbonyl (C=O) groups excluding carboxylic acids is 2. The molecule has 3 rings (SSSR count). The van der Waals surface area contributed by atoms with Gasteiger partial charge in [0.1, 0.15) is 0 Å². The van der Waals surface area contributed by atoms with E-state index in [0.29, 0.717) is 26.2 Å². The van der Waals surface area contributed by atoms with Crippen LogP contribution in [0.2, 0.25) is 0 Å². The van der Waals surface area contributed by atoms with E-state index in [-0.39, 0.29) is 11.8 Å². The first-order valence-electron chi connectivity index (χ1n) is 7.10. The number of thiophene rings is 1. The SMILES string of the molecule is O=C(C(=O)N1CCc2sccc2C1)N1CCCNCC1. The number of hydrogen-bond acceptors (Lipinski definition) is 4. The lowest BCUT2D eigenvalue weighted by atomic mass is 10.1. The highest BCUT2D eigenvalue weighted by molar-refractivity contribution is 7.10. The van der Waals surface area contributed by atoms with E-state index in [4.69, 9.17) is 0 Å². The number of rotatable bonds is 0. The molecule has 0 aliphatic carbocycles. The monoisotopic (exact) mass is 293 g/mol. The third kappa shape index (κ3) is 2.71. The number of nitrogens with zero attached hydrogens (tertiary/aromatic N) is 2. The van der Waals surface area contributed by atoms with Crippen LogP contribution in [-0.2, 0) is 22.6 Å². The van der Waals surface area contributed by atoms with Crippen molar-refractivity contribution in [1.29, 1.82) is 0 Å². The van der Waals surface area contributed by atoms with Crippen molar-refractivity contribution in [1.82, 2.24) is 15.1 Å². The van der Waals surface area contributed by atoms with Crippen molar-refractivity contribution in [3.8, 4) is 0 Å². The molecule has 108 valence electrons. The Morgan fingerprint density at radius 1 is 1.10 bits per heavy atom. The molecule has 0 radical (unpaired) electrons. The average molecular weight is 293 g/mol. The minimum Gasteiger partial charge on any atom is -0.333 e. The fourth-order valence-electron chi connectivity index (χ4n) is 2.74. The highest BCUT2D eigenvalue weighted by Gasteiger charge is 2.29. The van der Waals surface area contributed by atoms with Crippen LogP contribution in [0.1, 0.15) is 16.9 Å². The Hall–Kier alpha value is -1.40. The first-order chi connectivity index (χ1) is 9.75. The van der Waals surface area contributed by atoms with Crippen molar-refractivity contribution in [3.05, 3.63) is 21.9 Å². The average Bonchev–Trinajstić information content (AvgIpc) is 2.77. The Morgan fingerprint density at radius 2 is 1.95 bits per heavy atom. The van der Waals surface area contributed by atoms with Gasteiger partial charge in [0.25, 0.3) is 0 Å². The second-order valence-electron chi connectivity index (χ2n) is 5.24. The molecule has 2 aliphatic rings. The number of amides is 2. The van der Waals surface area contributed by atoms with Gasteiger partial charge >= 0.3 is 11.8 Å². The van der Waals surface area contributed by atoms with Crippen molar-refractivity contribution in [2.24, 2.45) is 0 Å². The van der Waals surface area contributed by atoms with Gasteiger partial charge in [-0.25, -0.2) is 0 Å². The Kier molecular flexibility index (Phi) is 4.03. The van der Waals surface area contributed by atoms with Crippen LogP contribution in [0.15, 0.2) is 11.4 Å². The van der Waals surface area contributed by atoms with Crippen LogP contribution >= 0.6 is 11.3 Å². The fourth-order valence-corrected chi connectivity index (χ4v) is 3.63. The Labute approximate surface area is 122 Å². The van der Waals surface area contributed by atoms with Gasteiger partial charge in [-0.2, -0.15) is 0 Å². The molecule has 5 nitrogen and oxygen atoms in total. The first kappa shape index (κ1) is 13.6. The summed E-state index contributed by atoms with van der Waals surface area (Å²) in [5.74, 6) is -0.684. The van der Waals surface area contributed by atoms with E-state index in [1.165, 1.54) is 10.4 Å². The minimum atomic E-state index is -0.344. The summed E-state index contributed by atoms with van der Waals surface area (Å²) in [6, 6.07) is 2.06. The Morgan fingerprint density at radius 3 is 2.85 bits per heavy atom. The standard InChI is InChI=1S/C14H19N3O2S/c18-13(16-6-1-4-15-5-8-16)14(19)17-7-2-12-11(10-17)3-9-20-12/h3,9,15H,1-2,4-8,10H2. The zero-order chi connectivity index (χ0) is 13.9. The number of carbonyl (C=O) groups is 2. The zero-order valence-electron chi connectivity index (χ0n) is 11.4. The van der Waals surface area contributed by atoms with E-state index in [2.05, 4.69) is 16.8 Å². The second kappa shape index (κ2) is 5.93. The molecule has 0 unspecified atom stereocenters. The Balaban J connectivity index is 1.65. The highest BCUT2D eigenvalue weighted by Crippen LogP contribution is 2.24. The lowest BCUT2D eigenvalue weighted by molar-refractivity contribution is -0.152. The summed E-state index contributed by atoms with van der Waals surface area (Å²) in [5.41, 5.74) is 1.19. The molecular formula is C14H19N3O2S. The molecule has 0 saturated carbocycles. The van der Waals surface area contributed by atoms with E-state index in [1.807, 2.05) is 0 Å². The van der Waals surface area contributed by atoms with Crippen molar-refractivity contribution in [2.45, 2.75) is 19.4 Å². The molecule has 2 aliphatic heterocycles. The summed E-state index contributed by atoms with van der Waals surface area (Å²) in [4.78, 5) is 29.4. The molecule has 0 aromatic carbocycles. The summed E-state index contributed by atoms with van der Waals surface area (Å²) in [6.45, 7) is 4.23. The zero-order valence-corrected chi connectivity index (χ0v) is 12.2. The highest BCUT2D eigenvalue weighted by atomic mass is 32.1. The fraction of sp³-hybridized carbons (Fsp3) is 0.571. The predicted octanol–water partition coefficient (Wildman–Crippen LogP) is 0.455. The third-order valence-corrected chi connectivity index (χ3v) is 4.93. The van der Waals surface area contributed by atoms with E-state index < -0.39 is 0 Å². The largest absolute Gasteiger partial charge is 0.333 e. The lowest BCUT2D eigenvalue weighted by Gasteiger charge is -2.29. The third-order valence-electron chi connectivity index (χ3n) is 3.91. The van der Waals surface area contributed by atoms with Crippen molar-refractivity contribution in [3.63, 3.8) is 0 Å². The summed E-state index contributed by atoms with van der Waals surface area (Å²) >= 11 is 1.74. The van der Waals surface area contributed by atoms with Gasteiger partial charge in [-0.05, 0) is 36.4 Å². The molecule has 6 heteroatoms. The van der Waals surface area contributed by atoms with Gasteiger partial charge < -0.3 is 15.1 Å². The molecule has 0 atom stereocenters. The molecule has 1 saturated heterocycles. The number of fused-ring (bicyclic) bond motifs is 1. The molecule has 0 bridgehead atoms. The smallest absolute Gasteiger partial charge is 0.312 e. The van der Waals surface area contributed by atoms with Crippen LogP contribution in [0.4, 0.5) is 0 Å². The minimum absolute atomic E-state index is 0.340. The summed E-state index contributed by atoms with van der Waals surface area (Å²) in [5, 5.41) is 5.30. The van der Waals surface area contributed by atoms with Crippen molar-refractivity contribution < 1.29 is 9.59 Å². The van der Waals surface area contributed by atoms with E-state index in [1.54, 1.807) is 21.1 Å². The van der Waals surface area contributed by atoms with Gasteiger partial charge in [-0.3, -0.25) is 9.59 Å². The maximum Gasteiger partial charge on any atom is 0.312 e. The maximum absolute atomic E-state index is 12.4. The van der Waals surface area contributed by atoms with E-state index in [9.17, 15) is 9.59 Å². The quantitative estimate of drug-likeness (QED) is 0.707. The molecule has 20 heavy (non-hydrogen) atoms. The van der Waals surface area contributed by atoms with Crippen molar-refractivity contribution in [2.75, 3.05) is 32.7 Å². The van der Waals surface area contributed by atoms with E-state index >= 15 is 0 Å². The molecular weight excluding hydrogens is 274 g/mol. The van der Waals surface area contributed by atoms with Crippen molar-refractivity contribution >= 4 is 23.2 Å². The van der Waals surface area contributed by atoms with Crippen LogP contribution in [0.5, 0.6) is 0 Å². The van der Waals surface area contributed by atoms with Gasteiger partial charge in [0.2, 0.25) is 0 Å². The van der Waals surface area contributed by atoms with E-state index in [0.717, 1.165) is 25.9 Å². The Bertz CT molecular complexity index is 506. The van der Waals surface area contributed by atoms with Gasteiger partial charge in [-0.15, -0.1) is 11.3 Å². The normalized spacial score (nSPS) is 19.4. The van der Waals surface area contributed by atoms with Crippen LogP contribution in [0, 0.1) is 0 Å². The van der Waals surface area contributed by atoms with Crippen LogP contribution in [-0.4, -0.2) is 54.3 Å². The number of nitrogens with one attached hydrogen (secondary N) is 1. The molecule has 0 spiro atoms. The van der Waals surface area contributed by atoms with Gasteiger partial charge in [0, 0.05) is 37.6 Å². The number of hydrogen-bond donors (Lipinski definition) is 1. The second-order valence-corrected chi connectivity index (χ2v) is 6.24. The first-order valence-corrected chi connectivity index (χ1v) is 7.98. The van der Waals surface area contributed by atoms with Gasteiger partial charge in [-0.1, -0.05) is 0 Å². The summed E-state index contributed by atoms with van der Waals surface area (Å²) in [7, 11) is 0. The predicted molar refractivity (Wildman–Crippen MR) is 77.5 cm³/mol.